The number of nitrogens with zero attached hydrogens (tertiary/aromatic N) is 5. The molecule has 0 aliphatic carbocycles. The van der Waals surface area contributed by atoms with Gasteiger partial charge in [0.2, 0.25) is 17.8 Å². The average molecular weight is 423 g/mol. The lowest BCUT2D eigenvalue weighted by Crippen LogP contribution is -2.37. The lowest BCUT2D eigenvalue weighted by Gasteiger charge is -2.19. The summed E-state index contributed by atoms with van der Waals surface area (Å²) in [7, 11) is 3.30. The molecule has 28 heavy (non-hydrogen) atoms. The van der Waals surface area contributed by atoms with Crippen LogP contribution in [0.1, 0.15) is 12.8 Å². The monoisotopic (exact) mass is 422 g/mol. The van der Waals surface area contributed by atoms with E-state index >= 15 is 0 Å². The Morgan fingerprint density at radius 2 is 1.93 bits per heavy atom. The zero-order valence-electron chi connectivity index (χ0n) is 15.9. The van der Waals surface area contributed by atoms with Gasteiger partial charge >= 0.3 is 0 Å². The van der Waals surface area contributed by atoms with Crippen molar-refractivity contribution in [2.75, 3.05) is 44.4 Å². The number of benzene rings is 1. The Balaban J connectivity index is 1.77. The second-order valence-corrected chi connectivity index (χ2v) is 7.97. The van der Waals surface area contributed by atoms with Gasteiger partial charge in [-0.2, -0.15) is 0 Å². The molecule has 0 unspecified atom stereocenters. The van der Waals surface area contributed by atoms with Gasteiger partial charge in [-0.3, -0.25) is 14.2 Å². The first-order chi connectivity index (χ1) is 13.5. The number of thioether (sulfide) groups is 1. The molecule has 0 spiro atoms. The lowest BCUT2D eigenvalue weighted by molar-refractivity contribution is -0.130. The van der Waals surface area contributed by atoms with Crippen molar-refractivity contribution in [3.8, 4) is 5.69 Å². The number of hydrogen-bond donors (Lipinski definition) is 1. The number of rotatable bonds is 7. The largest absolute Gasteiger partial charge is 0.347 e. The van der Waals surface area contributed by atoms with Crippen LogP contribution in [-0.2, 0) is 9.59 Å². The fourth-order valence-corrected chi connectivity index (χ4v) is 3.83. The summed E-state index contributed by atoms with van der Waals surface area (Å²) in [5.74, 6) is 0.463. The molecule has 1 aromatic heterocycles. The standard InChI is InChI=1S/C18H23ClN6O2S/c1-23(2)16(27)11-20-15(26)12-28-18-22-21-17(24-9-5-6-10-24)25(18)14-8-4-3-7-13(14)19/h3-4,7-8H,5-6,9-12H2,1-2H3,(H,20,26). The first kappa shape index (κ1) is 20.5. The van der Waals surface area contributed by atoms with Crippen molar-refractivity contribution < 1.29 is 9.59 Å². The Morgan fingerprint density at radius 1 is 1.21 bits per heavy atom. The Bertz CT molecular complexity index is 850. The summed E-state index contributed by atoms with van der Waals surface area (Å²) in [6, 6.07) is 7.50. The third-order valence-corrected chi connectivity index (χ3v) is 5.62. The van der Waals surface area contributed by atoms with Gasteiger partial charge in [0.05, 0.1) is 23.0 Å². The minimum Gasteiger partial charge on any atom is -0.347 e. The van der Waals surface area contributed by atoms with E-state index < -0.39 is 0 Å². The van der Waals surface area contributed by atoms with E-state index in [-0.39, 0.29) is 24.1 Å². The summed E-state index contributed by atoms with van der Waals surface area (Å²) in [5, 5.41) is 12.4. The predicted molar refractivity (Wildman–Crippen MR) is 110 cm³/mol. The van der Waals surface area contributed by atoms with E-state index in [1.54, 1.807) is 14.1 Å². The van der Waals surface area contributed by atoms with Gasteiger partial charge in [0.15, 0.2) is 5.16 Å². The van der Waals surface area contributed by atoms with Crippen LogP contribution in [0.4, 0.5) is 5.95 Å². The van der Waals surface area contributed by atoms with E-state index in [0.29, 0.717) is 10.2 Å². The molecule has 2 aromatic rings. The number of amides is 2. The van der Waals surface area contributed by atoms with E-state index in [1.807, 2.05) is 28.8 Å². The fraction of sp³-hybridized carbons (Fsp3) is 0.444. The number of carbonyl (C=O) groups is 2. The van der Waals surface area contributed by atoms with Gasteiger partial charge in [-0.25, -0.2) is 0 Å². The highest BCUT2D eigenvalue weighted by atomic mass is 35.5. The first-order valence-corrected chi connectivity index (χ1v) is 10.4. The number of likely N-dealkylation sites (N-methyl/N-ethyl adjacent to an activating group) is 1. The highest BCUT2D eigenvalue weighted by Gasteiger charge is 2.24. The molecule has 1 N–H and O–H groups in total. The minimum absolute atomic E-state index is 0.0252. The molecule has 1 aromatic carbocycles. The van der Waals surface area contributed by atoms with E-state index in [1.165, 1.54) is 16.7 Å². The van der Waals surface area contributed by atoms with E-state index in [4.69, 9.17) is 11.6 Å². The van der Waals surface area contributed by atoms with Crippen molar-refractivity contribution in [3.05, 3.63) is 29.3 Å². The van der Waals surface area contributed by atoms with Crippen LogP contribution in [0.5, 0.6) is 0 Å². The maximum absolute atomic E-state index is 12.1. The fourth-order valence-electron chi connectivity index (χ4n) is 2.83. The number of para-hydroxylation sites is 1. The van der Waals surface area contributed by atoms with E-state index in [2.05, 4.69) is 20.4 Å². The van der Waals surface area contributed by atoms with Crippen LogP contribution >= 0.6 is 23.4 Å². The molecular formula is C18H23ClN6O2S. The van der Waals surface area contributed by atoms with Gasteiger partial charge in [0.25, 0.3) is 0 Å². The van der Waals surface area contributed by atoms with Crippen molar-refractivity contribution >= 4 is 41.1 Å². The van der Waals surface area contributed by atoms with Gasteiger partial charge < -0.3 is 15.1 Å². The van der Waals surface area contributed by atoms with Crippen LogP contribution in [0.3, 0.4) is 0 Å². The van der Waals surface area contributed by atoms with Crippen molar-refractivity contribution in [3.63, 3.8) is 0 Å². The number of halogens is 1. The normalized spacial score (nSPS) is 13.6. The molecule has 2 amide bonds. The van der Waals surface area contributed by atoms with Crippen LogP contribution in [0.2, 0.25) is 5.02 Å². The maximum atomic E-state index is 12.1. The topological polar surface area (TPSA) is 83.4 Å². The quantitative estimate of drug-likeness (QED) is 0.685. The van der Waals surface area contributed by atoms with Gasteiger partial charge in [0, 0.05) is 27.2 Å². The van der Waals surface area contributed by atoms with Crippen molar-refractivity contribution in [2.24, 2.45) is 0 Å². The number of hydrogen-bond acceptors (Lipinski definition) is 6. The van der Waals surface area contributed by atoms with Gasteiger partial charge in [-0.15, -0.1) is 10.2 Å². The molecule has 0 saturated carbocycles. The SMILES string of the molecule is CN(C)C(=O)CNC(=O)CSc1nnc(N2CCCC2)n1-c1ccccc1Cl. The van der Waals surface area contributed by atoms with Gasteiger partial charge in [0.1, 0.15) is 0 Å². The summed E-state index contributed by atoms with van der Waals surface area (Å²) in [6.07, 6.45) is 2.22. The summed E-state index contributed by atoms with van der Waals surface area (Å²) in [6.45, 7) is 1.81. The lowest BCUT2D eigenvalue weighted by atomic mass is 10.3. The number of nitrogens with one attached hydrogen (secondary N) is 1. The Hall–Kier alpha value is -2.26. The van der Waals surface area contributed by atoms with Gasteiger partial charge in [-0.05, 0) is 25.0 Å². The van der Waals surface area contributed by atoms with Crippen LogP contribution in [0.25, 0.3) is 5.69 Å². The highest BCUT2D eigenvalue weighted by Crippen LogP contribution is 2.31. The average Bonchev–Trinajstić information content (AvgIpc) is 3.34. The summed E-state index contributed by atoms with van der Waals surface area (Å²) in [5.41, 5.74) is 0.779. The molecule has 8 nitrogen and oxygen atoms in total. The summed E-state index contributed by atoms with van der Waals surface area (Å²) < 4.78 is 1.90. The smallest absolute Gasteiger partial charge is 0.241 e. The number of anilines is 1. The van der Waals surface area contributed by atoms with Gasteiger partial charge in [-0.1, -0.05) is 35.5 Å². The van der Waals surface area contributed by atoms with E-state index in [0.717, 1.165) is 37.6 Å². The summed E-state index contributed by atoms with van der Waals surface area (Å²) >= 11 is 7.68. The minimum atomic E-state index is -0.239. The van der Waals surface area contributed by atoms with Crippen LogP contribution < -0.4 is 10.2 Å². The Kier molecular flexibility index (Phi) is 6.79. The molecule has 0 bridgehead atoms. The molecule has 150 valence electrons. The van der Waals surface area contributed by atoms with Crippen molar-refractivity contribution in [1.82, 2.24) is 25.0 Å². The van der Waals surface area contributed by atoms with Crippen molar-refractivity contribution in [1.29, 1.82) is 0 Å². The Morgan fingerprint density at radius 3 is 2.61 bits per heavy atom. The first-order valence-electron chi connectivity index (χ1n) is 9.02. The number of aromatic nitrogens is 3. The zero-order chi connectivity index (χ0) is 20.1. The molecule has 1 aliphatic heterocycles. The molecule has 1 saturated heterocycles. The second kappa shape index (κ2) is 9.29. The molecule has 2 heterocycles. The van der Waals surface area contributed by atoms with E-state index in [9.17, 15) is 9.59 Å². The Labute approximate surface area is 173 Å². The molecule has 0 atom stereocenters. The molecule has 3 rings (SSSR count). The molecule has 0 radical (unpaired) electrons. The molecule has 10 heteroatoms. The second-order valence-electron chi connectivity index (χ2n) is 6.62. The summed E-state index contributed by atoms with van der Waals surface area (Å²) in [4.78, 5) is 27.3. The van der Waals surface area contributed by atoms with Crippen molar-refractivity contribution in [2.45, 2.75) is 18.0 Å². The molecule has 1 fully saturated rings. The third kappa shape index (κ3) is 4.77. The van der Waals surface area contributed by atoms with Crippen LogP contribution in [-0.4, -0.2) is 71.0 Å². The highest BCUT2D eigenvalue weighted by molar-refractivity contribution is 7.99. The van der Waals surface area contributed by atoms with Crippen LogP contribution in [0, 0.1) is 0 Å². The molecular weight excluding hydrogens is 400 g/mol. The predicted octanol–water partition coefficient (Wildman–Crippen LogP) is 1.82. The zero-order valence-corrected chi connectivity index (χ0v) is 17.5. The van der Waals surface area contributed by atoms with Crippen LogP contribution in [0.15, 0.2) is 29.4 Å². The molecule has 1 aliphatic rings. The number of carbonyl (C=O) groups excluding carboxylic acids is 2. The maximum Gasteiger partial charge on any atom is 0.241 e. The third-order valence-electron chi connectivity index (χ3n) is 4.37.